The average Bonchev–Trinajstić information content (AvgIpc) is 1.16. The predicted octanol–water partition coefficient (Wildman–Crippen LogP) is 26.0. The molecule has 11 fully saturated rings. The molecule has 0 aliphatic heterocycles. The molecule has 0 aromatic carbocycles. The van der Waals surface area contributed by atoms with E-state index in [-0.39, 0.29) is 225 Å². The van der Waals surface area contributed by atoms with Crippen molar-refractivity contribution in [3.8, 4) is 0 Å². The van der Waals surface area contributed by atoms with Crippen molar-refractivity contribution in [1.29, 1.82) is 0 Å². The number of ketones is 16. The van der Waals surface area contributed by atoms with Gasteiger partial charge in [0.15, 0.2) is 0 Å². The molecule has 0 aromatic heterocycles. The van der Waals surface area contributed by atoms with Crippen LogP contribution < -0.4 is 0 Å². The molecule has 11 saturated carbocycles. The van der Waals surface area contributed by atoms with E-state index >= 15 is 47.9 Å². The Morgan fingerprint density at radius 2 is 1.07 bits per heavy atom. The fourth-order valence-corrected chi connectivity index (χ4v) is 29.2. The number of unbranched alkanes of at least 4 members (excludes halogenated alkanes) is 2. The van der Waals surface area contributed by atoms with Crippen LogP contribution in [0.25, 0.3) is 0 Å². The second kappa shape index (κ2) is 51.6. The zero-order valence-electron chi connectivity index (χ0n) is 85.7. The number of carbonyl (C=O) groups excluding carboxylic acids is 16. The van der Waals surface area contributed by atoms with Gasteiger partial charge in [-0.2, -0.15) is 0 Å². The molecule has 6 bridgehead atoms. The minimum absolute atomic E-state index is 0.0179. The van der Waals surface area contributed by atoms with Gasteiger partial charge in [0.25, 0.3) is 0 Å². The van der Waals surface area contributed by atoms with E-state index in [0.29, 0.717) is 125 Å². The second-order valence-electron chi connectivity index (χ2n) is 49.0. The monoisotopic (exact) mass is 1840 g/mol. The number of rotatable bonds is 37. The Morgan fingerprint density at radius 3 is 1.75 bits per heavy atom. The van der Waals surface area contributed by atoms with E-state index in [0.717, 1.165) is 173 Å². The van der Waals surface area contributed by atoms with E-state index in [9.17, 15) is 28.8 Å². The third-order valence-electron chi connectivity index (χ3n) is 37.6. The van der Waals surface area contributed by atoms with E-state index in [1.807, 2.05) is 27.7 Å². The van der Waals surface area contributed by atoms with Gasteiger partial charge in [-0.15, -0.1) is 0 Å². The summed E-state index contributed by atoms with van der Waals surface area (Å²) >= 11 is 0. The average molecular weight is 1840 g/mol. The highest BCUT2D eigenvalue weighted by Gasteiger charge is 2.54. The molecule has 21 atom stereocenters. The molecule has 16 nitrogen and oxygen atoms in total. The molecule has 0 heterocycles. The maximum Gasteiger partial charge on any atom is 0.147 e. The first-order chi connectivity index (χ1) is 63.1. The van der Waals surface area contributed by atoms with Crippen LogP contribution in [0.15, 0.2) is 12.2 Å². The summed E-state index contributed by atoms with van der Waals surface area (Å²) in [5.41, 5.74) is -2.76. The molecule has 746 valence electrons. The number of carbonyl (C=O) groups is 16. The minimum Gasteiger partial charge on any atom is -0.300 e. The van der Waals surface area contributed by atoms with Gasteiger partial charge < -0.3 is 19.2 Å². The normalized spacial score (nSPS) is 32.2. The zero-order chi connectivity index (χ0) is 96.8. The second-order valence-corrected chi connectivity index (χ2v) is 49.0. The molecular formula is C117H182O16. The highest BCUT2D eigenvalue weighted by Crippen LogP contribution is 2.56. The molecule has 133 heavy (non-hydrogen) atoms. The highest BCUT2D eigenvalue weighted by molar-refractivity contribution is 6.06. The SMILES string of the molecule is C=C1[C@H](CCCCCC(C)=O)CC(=O)C(CC2CCC3C(C)CCCC23)C2CC(=O)C[C@@H]3C(=O)C(CCCCC(C)CCCC4CCC(CC4)CC(C(=O)CC(CC4CCC5CCCCC5C4)C(=O)CC4(C(=O)C[C@@H](CCC(C)=O)C(=O)CC(CC(C)=O)C(=O)C[C@@H](CC5CCCCC5)C(=O)C(C)CC(C)=O)CCCCC4)CC(=O)[C@@H](CC3(C)C)C1(C)C)C(=O)C[C@@H](C(C)C)C(=O)C2. The fraction of sp³-hybridized carbons (Fsp3) is 0.846. The van der Waals surface area contributed by atoms with E-state index in [1.165, 1.54) is 33.6 Å². The van der Waals surface area contributed by atoms with Gasteiger partial charge >= 0.3 is 0 Å². The fourth-order valence-electron chi connectivity index (χ4n) is 29.2. The van der Waals surface area contributed by atoms with E-state index < -0.39 is 99.0 Å². The Balaban J connectivity index is 1.04. The number of allylic oxidation sites excluding steroid dienone is 1. The van der Waals surface area contributed by atoms with Gasteiger partial charge in [-0.3, -0.25) is 57.5 Å². The largest absolute Gasteiger partial charge is 0.300 e. The Morgan fingerprint density at radius 1 is 0.444 bits per heavy atom. The van der Waals surface area contributed by atoms with Crippen LogP contribution in [0.2, 0.25) is 0 Å². The van der Waals surface area contributed by atoms with E-state index in [2.05, 4.69) is 27.7 Å². The summed E-state index contributed by atoms with van der Waals surface area (Å²) in [6.45, 7) is 29.4. The molecule has 0 amide bonds. The van der Waals surface area contributed by atoms with Crippen LogP contribution in [-0.4, -0.2) is 92.5 Å². The summed E-state index contributed by atoms with van der Waals surface area (Å²) < 4.78 is 0. The highest BCUT2D eigenvalue weighted by atomic mass is 16.2. The number of fused-ring (bicyclic) bond motifs is 17. The van der Waals surface area contributed by atoms with Crippen molar-refractivity contribution in [1.82, 2.24) is 0 Å². The lowest BCUT2D eigenvalue weighted by atomic mass is 9.57. The first kappa shape index (κ1) is 109. The molecular weight excluding hydrogens is 1660 g/mol. The van der Waals surface area contributed by atoms with Crippen LogP contribution in [0, 0.1) is 164 Å². The van der Waals surface area contributed by atoms with Crippen molar-refractivity contribution in [3.63, 3.8) is 0 Å². The Bertz CT molecular complexity index is 4010. The van der Waals surface area contributed by atoms with Crippen molar-refractivity contribution >= 4 is 92.5 Å². The molecule has 11 aliphatic rings. The van der Waals surface area contributed by atoms with Gasteiger partial charge in [0.05, 0.1) is 5.92 Å². The summed E-state index contributed by atoms with van der Waals surface area (Å²) in [6.07, 6.45) is 33.5. The van der Waals surface area contributed by atoms with Crippen molar-refractivity contribution in [2.75, 3.05) is 0 Å². The molecule has 0 radical (unpaired) electrons. The summed E-state index contributed by atoms with van der Waals surface area (Å²) in [5.74, 6) is -10.1. The minimum atomic E-state index is -1.21. The lowest BCUT2D eigenvalue weighted by Gasteiger charge is -2.45. The lowest BCUT2D eigenvalue weighted by Crippen LogP contribution is -2.46. The van der Waals surface area contributed by atoms with E-state index in [1.54, 1.807) is 13.8 Å². The Hall–Kier alpha value is -5.54. The Labute approximate surface area is 803 Å². The van der Waals surface area contributed by atoms with Crippen LogP contribution in [0.1, 0.15) is 462 Å². The van der Waals surface area contributed by atoms with Gasteiger partial charge in [0.2, 0.25) is 0 Å². The van der Waals surface area contributed by atoms with Crippen LogP contribution in [0.4, 0.5) is 0 Å². The van der Waals surface area contributed by atoms with Crippen LogP contribution in [0.3, 0.4) is 0 Å². The van der Waals surface area contributed by atoms with Crippen molar-refractivity contribution in [3.05, 3.63) is 12.2 Å². The third kappa shape index (κ3) is 31.5. The molecule has 16 heteroatoms. The quantitative estimate of drug-likeness (QED) is 0.0318. The summed E-state index contributed by atoms with van der Waals surface area (Å²) in [6, 6.07) is 0. The summed E-state index contributed by atoms with van der Waals surface area (Å²) in [7, 11) is 0. The predicted molar refractivity (Wildman–Crippen MR) is 525 cm³/mol. The first-order valence-electron chi connectivity index (χ1n) is 55.1. The van der Waals surface area contributed by atoms with Crippen LogP contribution >= 0.6 is 0 Å². The van der Waals surface area contributed by atoms with Gasteiger partial charge in [-0.1, -0.05) is 248 Å². The standard InChI is InChI=1S/C117H182O16/c1-73(2)100-70-109(128)99-40-25-22-30-74(3)31-28-36-82-43-45-84(46-44-82)56-93(66-110(129)103-71-115(11,12)102(114(99)133)69-96(122)60-91(63-107(100)126)101(61-89-50-51-97-75(4)32-29-41-98(89)97)108(127)62-87(81(10)116(103,13)14)38-21-15-18-33-77(6)118)105(124)65-94(59-85-47-49-86-37-23-24-39-88(86)58-85)111(130)72-117(52-26-17-27-53-117)112(131)68-90(48-42-78(7)119)104(123)64-92(55-80(9)121)106(125)67-95(57-83-34-19-16-20-35-83)113(132)76(5)54-79(8)120/h73-76,82-95,97-103H,10,15-72H2,1-9,11-14H3/t74?,75?,76?,82?,84?,85?,86?,87-,88?,89?,90-,91?,92?,93?,94?,95-,97?,98?,99?,100+,101?,102-,103-/m1/s1. The molecule has 11 aliphatic carbocycles. The third-order valence-corrected chi connectivity index (χ3v) is 37.6. The maximum atomic E-state index is 17.3. The molecule has 15 unspecified atom stereocenters. The molecule has 11 rings (SSSR count). The molecule has 0 aromatic rings. The van der Waals surface area contributed by atoms with Crippen molar-refractivity contribution in [2.45, 2.75) is 462 Å². The van der Waals surface area contributed by atoms with Crippen molar-refractivity contribution in [2.24, 2.45) is 164 Å². The van der Waals surface area contributed by atoms with Gasteiger partial charge in [-0.05, 0) is 224 Å². The summed E-state index contributed by atoms with van der Waals surface area (Å²) in [5, 5.41) is 0. The summed E-state index contributed by atoms with van der Waals surface area (Å²) in [4.78, 5) is 243. The maximum absolute atomic E-state index is 17.3. The van der Waals surface area contributed by atoms with Gasteiger partial charge in [0, 0.05) is 161 Å². The number of Topliss-reactive ketones (excluding diaryl/α,β-unsaturated/α-hetero) is 16. The smallest absolute Gasteiger partial charge is 0.147 e. The lowest BCUT2D eigenvalue weighted by molar-refractivity contribution is -0.145. The molecule has 0 saturated heterocycles. The van der Waals surface area contributed by atoms with Crippen molar-refractivity contribution < 1.29 is 76.7 Å². The van der Waals surface area contributed by atoms with Crippen LogP contribution in [0.5, 0.6) is 0 Å². The molecule has 0 spiro atoms. The van der Waals surface area contributed by atoms with Gasteiger partial charge in [0.1, 0.15) is 92.5 Å². The topological polar surface area (TPSA) is 273 Å². The molecule has 0 N–H and O–H groups in total. The van der Waals surface area contributed by atoms with Gasteiger partial charge in [-0.25, -0.2) is 0 Å². The number of hydrogen-bond acceptors (Lipinski definition) is 16. The van der Waals surface area contributed by atoms with E-state index in [4.69, 9.17) is 6.58 Å². The Kier molecular flexibility index (Phi) is 42.4. The first-order valence-corrected chi connectivity index (χ1v) is 55.1. The van der Waals surface area contributed by atoms with Crippen LogP contribution in [-0.2, 0) is 76.7 Å². The zero-order valence-corrected chi connectivity index (χ0v) is 85.7. The number of hydrogen-bond donors (Lipinski definition) is 0.